The van der Waals surface area contributed by atoms with Crippen molar-refractivity contribution >= 4 is 34.9 Å². The number of halogens is 1. The lowest BCUT2D eigenvalue weighted by atomic mass is 10.2. The quantitative estimate of drug-likeness (QED) is 0.254. The van der Waals surface area contributed by atoms with Gasteiger partial charge in [-0.2, -0.15) is 0 Å². The van der Waals surface area contributed by atoms with Crippen molar-refractivity contribution in [2.24, 2.45) is 36.3 Å². The number of carbonyl (C=O) groups is 1. The Bertz CT molecular complexity index is 925. The molecule has 1 atom stereocenters. The zero-order valence-electron chi connectivity index (χ0n) is 14.3. The lowest BCUT2D eigenvalue weighted by molar-refractivity contribution is -0.138. The molecule has 0 saturated carbocycles. The summed E-state index contributed by atoms with van der Waals surface area (Å²) in [6, 6.07) is -0.820. The number of carboxylic acid groups (broad SMARTS) is 1. The second kappa shape index (κ2) is 9.01. The number of aliphatic carboxylic acids is 1. The molecule has 13 heteroatoms. The Kier molecular flexibility index (Phi) is 7.34. The molecule has 7 N–H and O–H groups in total. The van der Waals surface area contributed by atoms with E-state index in [4.69, 9.17) is 34.1 Å². The van der Waals surface area contributed by atoms with Crippen LogP contribution in [0.2, 0.25) is 0 Å². The first-order valence-electron chi connectivity index (χ1n) is 7.40. The molecular weight excluding hydrogens is 368 g/mol. The minimum Gasteiger partial charge on any atom is -0.480 e. The van der Waals surface area contributed by atoms with Gasteiger partial charge in [0, 0.05) is 32.4 Å². The first kappa shape index (κ1) is 21.2. The van der Waals surface area contributed by atoms with E-state index in [0.717, 1.165) is 8.65 Å². The number of nitrogens with two attached hydrogens (primary N) is 3. The maximum Gasteiger partial charge on any atom is 0.332 e. The monoisotopic (exact) mass is 388 g/mol. The van der Waals surface area contributed by atoms with E-state index in [2.05, 4.69) is 9.98 Å². The summed E-state index contributed by atoms with van der Waals surface area (Å²) in [4.78, 5) is 40.8. The zero-order valence-corrected chi connectivity index (χ0v) is 15.0. The number of hydrogen-bond donors (Lipinski definition) is 4. The van der Waals surface area contributed by atoms with E-state index >= 15 is 0 Å². The molecule has 0 aromatic carbocycles. The predicted molar refractivity (Wildman–Crippen MR) is 97.0 cm³/mol. The van der Waals surface area contributed by atoms with E-state index < -0.39 is 23.3 Å². The summed E-state index contributed by atoms with van der Waals surface area (Å²) in [7, 11) is 2.93. The minimum absolute atomic E-state index is 0.0129. The van der Waals surface area contributed by atoms with Gasteiger partial charge in [-0.1, -0.05) is 0 Å². The third kappa shape index (κ3) is 5.07. The Hall–Kier alpha value is -2.86. The van der Waals surface area contributed by atoms with Gasteiger partial charge in [0.05, 0.1) is 0 Å². The van der Waals surface area contributed by atoms with Crippen molar-refractivity contribution in [3.63, 3.8) is 0 Å². The molecule has 144 valence electrons. The summed E-state index contributed by atoms with van der Waals surface area (Å²) in [5.74, 6) is -0.987. The number of hydrogen-bond acceptors (Lipinski definition) is 6. The van der Waals surface area contributed by atoms with Crippen molar-refractivity contribution < 1.29 is 9.90 Å². The highest BCUT2D eigenvalue weighted by atomic mass is 35.5. The summed E-state index contributed by atoms with van der Waals surface area (Å²) in [6.45, 7) is 0.420. The standard InChI is InChI=1S/C7H7ClN4O2.C6H14N4O2/c1-10-5-4(12(8)3-9-5)6(13)11(2)7(10)14;7-4(5(11)12)2-1-3-10-6(8)9/h3H,1-2H3;4H,1-3,7H2,(H,11,12)(H4,8,9,10). The van der Waals surface area contributed by atoms with Gasteiger partial charge in [-0.05, 0) is 12.8 Å². The highest BCUT2D eigenvalue weighted by molar-refractivity contribution is 6.18. The fraction of sp³-hybridized carbons (Fsp3) is 0.462. The van der Waals surface area contributed by atoms with Crippen LogP contribution in [0.3, 0.4) is 0 Å². The molecule has 12 nitrogen and oxygen atoms in total. The van der Waals surface area contributed by atoms with E-state index in [0.29, 0.717) is 19.4 Å². The highest BCUT2D eigenvalue weighted by Gasteiger charge is 2.12. The molecule has 0 aliphatic carbocycles. The van der Waals surface area contributed by atoms with Crippen LogP contribution < -0.4 is 28.5 Å². The average molecular weight is 389 g/mol. The molecule has 26 heavy (non-hydrogen) atoms. The second-order valence-corrected chi connectivity index (χ2v) is 5.69. The van der Waals surface area contributed by atoms with Crippen molar-refractivity contribution in [3.05, 3.63) is 27.2 Å². The Morgan fingerprint density at radius 2 is 1.96 bits per heavy atom. The molecule has 0 aliphatic heterocycles. The van der Waals surface area contributed by atoms with Gasteiger partial charge in [0.25, 0.3) is 5.56 Å². The lowest BCUT2D eigenvalue weighted by Crippen LogP contribution is -2.37. The summed E-state index contributed by atoms with van der Waals surface area (Å²) in [5, 5.41) is 8.38. The number of aromatic nitrogens is 4. The normalized spacial score (nSPS) is 11.5. The number of aliphatic imine (C=N–C) groups is 1. The number of aryl methyl sites for hydroxylation is 1. The van der Waals surface area contributed by atoms with Crippen LogP contribution in [0.25, 0.3) is 11.2 Å². The maximum absolute atomic E-state index is 11.6. The van der Waals surface area contributed by atoms with E-state index in [-0.39, 0.29) is 17.1 Å². The first-order chi connectivity index (χ1) is 12.1. The molecule has 2 heterocycles. The van der Waals surface area contributed by atoms with Crippen LogP contribution in [0.1, 0.15) is 12.8 Å². The Morgan fingerprint density at radius 3 is 2.50 bits per heavy atom. The molecule has 0 fully saturated rings. The molecular formula is C13H21ClN8O4. The lowest BCUT2D eigenvalue weighted by Gasteiger charge is -2.03. The van der Waals surface area contributed by atoms with Crippen LogP contribution in [-0.4, -0.2) is 47.8 Å². The molecule has 1 unspecified atom stereocenters. The van der Waals surface area contributed by atoms with Gasteiger partial charge in [-0.3, -0.25) is 23.7 Å². The number of rotatable bonds is 5. The predicted octanol–water partition coefficient (Wildman–Crippen LogP) is -2.11. The van der Waals surface area contributed by atoms with Gasteiger partial charge in [0.2, 0.25) is 0 Å². The molecule has 0 amide bonds. The van der Waals surface area contributed by atoms with Crippen molar-refractivity contribution in [1.29, 1.82) is 0 Å². The first-order valence-corrected chi connectivity index (χ1v) is 7.74. The van der Waals surface area contributed by atoms with Crippen LogP contribution >= 0.6 is 11.8 Å². The summed E-state index contributed by atoms with van der Waals surface area (Å²) < 4.78 is 3.34. The van der Waals surface area contributed by atoms with Crippen LogP contribution in [0, 0.1) is 0 Å². The summed E-state index contributed by atoms with van der Waals surface area (Å²) in [5.41, 5.74) is 14.9. The molecule has 0 saturated heterocycles. The number of fused-ring (bicyclic) bond motifs is 1. The van der Waals surface area contributed by atoms with Crippen molar-refractivity contribution in [2.75, 3.05) is 6.54 Å². The van der Waals surface area contributed by atoms with E-state index in [1.54, 1.807) is 0 Å². The van der Waals surface area contributed by atoms with Crippen LogP contribution in [0.4, 0.5) is 0 Å². The van der Waals surface area contributed by atoms with Crippen LogP contribution in [0.5, 0.6) is 0 Å². The average Bonchev–Trinajstić information content (AvgIpc) is 2.96. The number of nitrogens with zero attached hydrogens (tertiary/aromatic N) is 5. The summed E-state index contributed by atoms with van der Waals surface area (Å²) in [6.07, 6.45) is 2.24. The minimum atomic E-state index is -1.00. The fourth-order valence-corrected chi connectivity index (χ4v) is 2.15. The molecule has 0 aliphatic rings. The van der Waals surface area contributed by atoms with Crippen LogP contribution in [-0.2, 0) is 18.9 Å². The molecule has 0 spiro atoms. The van der Waals surface area contributed by atoms with Gasteiger partial charge < -0.3 is 22.3 Å². The maximum atomic E-state index is 11.6. The van der Waals surface area contributed by atoms with Gasteiger partial charge in [0.15, 0.2) is 17.1 Å². The molecule has 0 bridgehead atoms. The van der Waals surface area contributed by atoms with Crippen LogP contribution in [0.15, 0.2) is 20.9 Å². The van der Waals surface area contributed by atoms with E-state index in [9.17, 15) is 14.4 Å². The van der Waals surface area contributed by atoms with Crippen molar-refractivity contribution in [1.82, 2.24) is 18.2 Å². The third-order valence-electron chi connectivity index (χ3n) is 3.39. The van der Waals surface area contributed by atoms with E-state index in [1.165, 1.54) is 25.0 Å². The molecule has 2 aromatic heterocycles. The van der Waals surface area contributed by atoms with E-state index in [1.807, 2.05) is 0 Å². The molecule has 2 rings (SSSR count). The Morgan fingerprint density at radius 1 is 1.35 bits per heavy atom. The second-order valence-electron chi connectivity index (χ2n) is 5.33. The zero-order chi connectivity index (χ0) is 20.0. The summed E-state index contributed by atoms with van der Waals surface area (Å²) >= 11 is 5.70. The topological polar surface area (TPSA) is 190 Å². The molecule has 2 aromatic rings. The van der Waals surface area contributed by atoms with Gasteiger partial charge in [-0.25, -0.2) is 13.9 Å². The third-order valence-corrected chi connectivity index (χ3v) is 3.65. The number of imidazole rings is 1. The van der Waals surface area contributed by atoms with Gasteiger partial charge in [-0.15, -0.1) is 0 Å². The highest BCUT2D eigenvalue weighted by Crippen LogP contribution is 2.05. The number of carboxylic acids is 1. The van der Waals surface area contributed by atoms with Gasteiger partial charge in [0.1, 0.15) is 12.4 Å². The Labute approximate surface area is 152 Å². The SMILES string of the molecule is Cn1c(=O)c2c(ncn2Cl)n(C)c1=O.NC(N)=NCCCC(N)C(=O)O. The van der Waals surface area contributed by atoms with Crippen molar-refractivity contribution in [3.8, 4) is 0 Å². The largest absolute Gasteiger partial charge is 0.480 e. The van der Waals surface area contributed by atoms with Gasteiger partial charge >= 0.3 is 11.7 Å². The number of guanidine groups is 1. The Balaban J connectivity index is 0.000000265. The molecule has 0 radical (unpaired) electrons. The fourth-order valence-electron chi connectivity index (χ4n) is 1.96. The van der Waals surface area contributed by atoms with Crippen molar-refractivity contribution in [2.45, 2.75) is 18.9 Å². The smallest absolute Gasteiger partial charge is 0.332 e.